The summed E-state index contributed by atoms with van der Waals surface area (Å²) in [4.78, 5) is 26.6. The molecule has 0 saturated carbocycles. The summed E-state index contributed by atoms with van der Waals surface area (Å²) < 4.78 is 5.54. The summed E-state index contributed by atoms with van der Waals surface area (Å²) in [7, 11) is 0. The number of hydrogen-bond acceptors (Lipinski definition) is 3. The highest BCUT2D eigenvalue weighted by Gasteiger charge is 2.39. The summed E-state index contributed by atoms with van der Waals surface area (Å²) in [6.45, 7) is 4.44. The predicted molar refractivity (Wildman–Crippen MR) is 104 cm³/mol. The molecule has 1 aliphatic heterocycles. The number of carbonyl (C=O) groups excluding carboxylic acids is 2. The van der Waals surface area contributed by atoms with Crippen LogP contribution in [0.15, 0.2) is 47.5 Å². The quantitative estimate of drug-likeness (QED) is 0.678. The SMILES string of the molecule is CCCOc1ccc(C2=C(Cl)C(=O)N(c3cc(Cl)ccc3C)C2=O)cc1. The Kier molecular flexibility index (Phi) is 5.35. The number of rotatable bonds is 5. The fourth-order valence-electron chi connectivity index (χ4n) is 2.73. The third-order valence-corrected chi connectivity index (χ3v) is 4.64. The molecule has 2 amide bonds. The monoisotopic (exact) mass is 389 g/mol. The van der Waals surface area contributed by atoms with Gasteiger partial charge in [0.05, 0.1) is 17.9 Å². The van der Waals surface area contributed by atoms with E-state index in [1.165, 1.54) is 0 Å². The molecule has 0 aliphatic carbocycles. The first-order valence-electron chi connectivity index (χ1n) is 8.22. The molecule has 6 heteroatoms. The van der Waals surface area contributed by atoms with Crippen LogP contribution in [0.1, 0.15) is 24.5 Å². The number of amides is 2. The molecule has 0 unspecified atom stereocenters. The zero-order valence-electron chi connectivity index (χ0n) is 14.4. The van der Waals surface area contributed by atoms with Crippen LogP contribution >= 0.6 is 23.2 Å². The minimum absolute atomic E-state index is 0.100. The number of imide groups is 1. The minimum Gasteiger partial charge on any atom is -0.494 e. The first kappa shape index (κ1) is 18.5. The van der Waals surface area contributed by atoms with Crippen molar-refractivity contribution in [2.45, 2.75) is 20.3 Å². The molecule has 1 heterocycles. The normalized spacial score (nSPS) is 14.4. The molecule has 0 radical (unpaired) electrons. The average Bonchev–Trinajstić information content (AvgIpc) is 2.85. The van der Waals surface area contributed by atoms with Gasteiger partial charge >= 0.3 is 0 Å². The topological polar surface area (TPSA) is 46.6 Å². The Morgan fingerprint density at radius 1 is 1.00 bits per heavy atom. The van der Waals surface area contributed by atoms with E-state index < -0.39 is 11.8 Å². The lowest BCUT2D eigenvalue weighted by molar-refractivity contribution is -0.119. The molecule has 0 saturated heterocycles. The van der Waals surface area contributed by atoms with Crippen LogP contribution in [0.5, 0.6) is 5.75 Å². The molecular formula is C20H17Cl2NO3. The molecule has 0 spiro atoms. The Hall–Kier alpha value is -2.30. The number of aryl methyl sites for hydroxylation is 1. The van der Waals surface area contributed by atoms with Crippen LogP contribution in [0, 0.1) is 6.92 Å². The van der Waals surface area contributed by atoms with Gasteiger partial charge < -0.3 is 4.74 Å². The van der Waals surface area contributed by atoms with Crippen LogP contribution in [0.2, 0.25) is 5.02 Å². The van der Waals surface area contributed by atoms with Crippen LogP contribution in [-0.2, 0) is 9.59 Å². The Balaban J connectivity index is 1.95. The van der Waals surface area contributed by atoms with Crippen molar-refractivity contribution in [3.63, 3.8) is 0 Å². The number of hydrogen-bond donors (Lipinski definition) is 0. The van der Waals surface area contributed by atoms with E-state index in [9.17, 15) is 9.59 Å². The first-order valence-corrected chi connectivity index (χ1v) is 8.97. The Labute approximate surface area is 162 Å². The van der Waals surface area contributed by atoms with Gasteiger partial charge in [-0.25, -0.2) is 4.90 Å². The van der Waals surface area contributed by atoms with E-state index in [1.807, 2.05) is 6.92 Å². The van der Waals surface area contributed by atoms with Gasteiger partial charge in [-0.15, -0.1) is 0 Å². The van der Waals surface area contributed by atoms with Crippen molar-refractivity contribution in [1.82, 2.24) is 0 Å². The van der Waals surface area contributed by atoms with E-state index in [1.54, 1.807) is 49.4 Å². The molecule has 0 bridgehead atoms. The van der Waals surface area contributed by atoms with E-state index in [-0.39, 0.29) is 10.6 Å². The first-order chi connectivity index (χ1) is 12.4. The second kappa shape index (κ2) is 7.52. The van der Waals surface area contributed by atoms with Crippen molar-refractivity contribution in [1.29, 1.82) is 0 Å². The van der Waals surface area contributed by atoms with Crippen molar-refractivity contribution in [2.75, 3.05) is 11.5 Å². The molecule has 0 N–H and O–H groups in total. The van der Waals surface area contributed by atoms with E-state index in [4.69, 9.17) is 27.9 Å². The van der Waals surface area contributed by atoms with Crippen molar-refractivity contribution >= 4 is 46.3 Å². The van der Waals surface area contributed by atoms with Crippen molar-refractivity contribution in [3.05, 3.63) is 63.6 Å². The minimum atomic E-state index is -0.552. The Morgan fingerprint density at radius 2 is 1.69 bits per heavy atom. The molecule has 3 rings (SSSR count). The zero-order valence-corrected chi connectivity index (χ0v) is 15.9. The fourth-order valence-corrected chi connectivity index (χ4v) is 3.17. The van der Waals surface area contributed by atoms with Gasteiger partial charge in [0.25, 0.3) is 11.8 Å². The summed E-state index contributed by atoms with van der Waals surface area (Å²) in [6, 6.07) is 12.0. The van der Waals surface area contributed by atoms with Gasteiger partial charge in [0, 0.05) is 5.02 Å². The highest BCUT2D eigenvalue weighted by molar-refractivity contribution is 6.60. The highest BCUT2D eigenvalue weighted by atomic mass is 35.5. The molecule has 26 heavy (non-hydrogen) atoms. The molecule has 2 aromatic carbocycles. The van der Waals surface area contributed by atoms with Gasteiger partial charge in [-0.3, -0.25) is 9.59 Å². The van der Waals surface area contributed by atoms with Gasteiger partial charge in [-0.1, -0.05) is 48.3 Å². The third kappa shape index (κ3) is 3.35. The van der Waals surface area contributed by atoms with Gasteiger partial charge in [-0.05, 0) is 48.7 Å². The second-order valence-electron chi connectivity index (χ2n) is 5.94. The maximum atomic E-state index is 12.9. The van der Waals surface area contributed by atoms with Crippen LogP contribution in [0.3, 0.4) is 0 Å². The smallest absolute Gasteiger partial charge is 0.277 e. The summed E-state index contributed by atoms with van der Waals surface area (Å²) in [6.07, 6.45) is 0.902. The molecule has 0 atom stereocenters. The van der Waals surface area contributed by atoms with Crippen LogP contribution in [-0.4, -0.2) is 18.4 Å². The van der Waals surface area contributed by atoms with Crippen molar-refractivity contribution in [2.24, 2.45) is 0 Å². The lowest BCUT2D eigenvalue weighted by atomic mass is 10.1. The third-order valence-electron chi connectivity index (χ3n) is 4.06. The lowest BCUT2D eigenvalue weighted by Crippen LogP contribution is -2.31. The summed E-state index contributed by atoms with van der Waals surface area (Å²) in [5, 5.41) is 0.338. The van der Waals surface area contributed by atoms with E-state index in [2.05, 4.69) is 0 Å². The summed E-state index contributed by atoms with van der Waals surface area (Å²) >= 11 is 12.3. The van der Waals surface area contributed by atoms with E-state index in [0.717, 1.165) is 16.9 Å². The number of ether oxygens (including phenoxy) is 1. The molecule has 4 nitrogen and oxygen atoms in total. The second-order valence-corrected chi connectivity index (χ2v) is 6.75. The van der Waals surface area contributed by atoms with Crippen LogP contribution in [0.25, 0.3) is 5.57 Å². The fraction of sp³-hybridized carbons (Fsp3) is 0.200. The van der Waals surface area contributed by atoms with E-state index >= 15 is 0 Å². The molecule has 2 aromatic rings. The predicted octanol–water partition coefficient (Wildman–Crippen LogP) is 4.96. The van der Waals surface area contributed by atoms with Gasteiger partial charge in [-0.2, -0.15) is 0 Å². The standard InChI is InChI=1S/C20H17Cl2NO3/c1-3-10-26-15-8-5-13(6-9-15)17-18(22)20(25)23(19(17)24)16-11-14(21)7-4-12(16)2/h4-9,11H,3,10H2,1-2H3. The van der Waals surface area contributed by atoms with Gasteiger partial charge in [0.15, 0.2) is 0 Å². The molecule has 1 aliphatic rings. The van der Waals surface area contributed by atoms with Crippen LogP contribution < -0.4 is 9.64 Å². The number of halogens is 2. The maximum absolute atomic E-state index is 12.9. The zero-order chi connectivity index (χ0) is 18.8. The van der Waals surface area contributed by atoms with E-state index in [0.29, 0.717) is 28.6 Å². The van der Waals surface area contributed by atoms with Crippen molar-refractivity contribution in [3.8, 4) is 5.75 Å². The van der Waals surface area contributed by atoms with Gasteiger partial charge in [0.1, 0.15) is 10.8 Å². The molecule has 134 valence electrons. The summed E-state index contributed by atoms with van der Waals surface area (Å²) in [5.74, 6) is -0.317. The number of anilines is 1. The van der Waals surface area contributed by atoms with Gasteiger partial charge in [0.2, 0.25) is 0 Å². The largest absolute Gasteiger partial charge is 0.494 e. The molecular weight excluding hydrogens is 373 g/mol. The molecule has 0 fully saturated rings. The highest BCUT2D eigenvalue weighted by Crippen LogP contribution is 2.37. The average molecular weight is 390 g/mol. The number of benzene rings is 2. The maximum Gasteiger partial charge on any atom is 0.277 e. The lowest BCUT2D eigenvalue weighted by Gasteiger charge is -2.17. The van der Waals surface area contributed by atoms with Crippen molar-refractivity contribution < 1.29 is 14.3 Å². The molecule has 0 aromatic heterocycles. The van der Waals surface area contributed by atoms with Crippen LogP contribution in [0.4, 0.5) is 5.69 Å². The number of carbonyl (C=O) groups is 2. The Bertz CT molecular complexity index is 904. The summed E-state index contributed by atoms with van der Waals surface area (Å²) in [5.41, 5.74) is 1.94. The number of nitrogens with zero attached hydrogens (tertiary/aromatic N) is 1. The Morgan fingerprint density at radius 3 is 2.35 bits per heavy atom.